The molecule has 2 heterocycles. The molecule has 2 N–H and O–H groups in total. The van der Waals surface area contributed by atoms with Crippen LogP contribution in [0.15, 0.2) is 34.2 Å². The number of nitrogens with one attached hydrogen (secondary N) is 2. The molecule has 0 aliphatic rings. The molecule has 9 heteroatoms. The number of nitrogens with zero attached hydrogens (tertiary/aromatic N) is 2. The zero-order valence-electron chi connectivity index (χ0n) is 14.8. The van der Waals surface area contributed by atoms with E-state index in [2.05, 4.69) is 15.3 Å². The van der Waals surface area contributed by atoms with E-state index in [1.807, 2.05) is 13.8 Å². The average molecular weight is 409 g/mol. The predicted octanol–water partition coefficient (Wildman–Crippen LogP) is 3.25. The molecule has 0 aliphatic carbocycles. The third-order valence-electron chi connectivity index (χ3n) is 3.98. The number of fused-ring (bicyclic) bond motifs is 1. The van der Waals surface area contributed by atoms with Crippen LogP contribution in [0.25, 0.3) is 11.0 Å². The summed E-state index contributed by atoms with van der Waals surface area (Å²) in [6.45, 7) is 4.36. The summed E-state index contributed by atoms with van der Waals surface area (Å²) in [6.07, 6.45) is 0. The van der Waals surface area contributed by atoms with E-state index in [0.29, 0.717) is 28.3 Å². The number of amides is 1. The van der Waals surface area contributed by atoms with E-state index in [0.717, 1.165) is 5.69 Å². The summed E-state index contributed by atoms with van der Waals surface area (Å²) < 4.78 is 14.6. The number of H-pyrrole nitrogens is 1. The van der Waals surface area contributed by atoms with Crippen molar-refractivity contribution in [1.82, 2.24) is 19.9 Å². The van der Waals surface area contributed by atoms with Crippen molar-refractivity contribution in [1.29, 1.82) is 0 Å². The van der Waals surface area contributed by atoms with Gasteiger partial charge in [0.05, 0.1) is 11.3 Å². The third-order valence-corrected chi connectivity index (χ3v) is 5.31. The first-order valence-electron chi connectivity index (χ1n) is 8.32. The first-order chi connectivity index (χ1) is 12.9. The van der Waals surface area contributed by atoms with Crippen molar-refractivity contribution in [3.63, 3.8) is 0 Å². The van der Waals surface area contributed by atoms with Crippen LogP contribution in [0.4, 0.5) is 4.39 Å². The van der Waals surface area contributed by atoms with Crippen molar-refractivity contribution < 1.29 is 9.18 Å². The maximum atomic E-state index is 13.1. The fraction of sp³-hybridized carbons (Fsp3) is 0.278. The van der Waals surface area contributed by atoms with Crippen molar-refractivity contribution in [2.75, 3.05) is 5.75 Å². The lowest BCUT2D eigenvalue weighted by molar-refractivity contribution is -0.118. The van der Waals surface area contributed by atoms with Gasteiger partial charge < -0.3 is 10.3 Å². The number of hydrogen-bond acceptors (Lipinski definition) is 4. The first-order valence-corrected chi connectivity index (χ1v) is 9.69. The van der Waals surface area contributed by atoms with Gasteiger partial charge in [0, 0.05) is 23.8 Å². The Kier molecular flexibility index (Phi) is 5.86. The standard InChI is InChI=1S/C18H18ClFN4O2S/c1-3-24-17(26)16-14(6-10(2)22-16)23-18(24)27-9-15(25)21-8-11-4-5-12(20)7-13(11)19/h4-7,22H,3,8-9H2,1-2H3,(H,21,25). The van der Waals surface area contributed by atoms with Gasteiger partial charge in [0.1, 0.15) is 11.3 Å². The summed E-state index contributed by atoms with van der Waals surface area (Å²) in [5.74, 6) is -0.563. The van der Waals surface area contributed by atoms with Gasteiger partial charge in [0.25, 0.3) is 5.56 Å². The van der Waals surface area contributed by atoms with E-state index in [9.17, 15) is 14.0 Å². The number of aromatic nitrogens is 3. The van der Waals surface area contributed by atoms with Crippen LogP contribution in [0.5, 0.6) is 0 Å². The van der Waals surface area contributed by atoms with Crippen LogP contribution in [-0.2, 0) is 17.9 Å². The van der Waals surface area contributed by atoms with Crippen LogP contribution in [0.2, 0.25) is 5.02 Å². The first kappa shape index (κ1) is 19.4. The second-order valence-corrected chi connectivity index (χ2v) is 7.31. The topological polar surface area (TPSA) is 79.8 Å². The highest BCUT2D eigenvalue weighted by atomic mass is 35.5. The summed E-state index contributed by atoms with van der Waals surface area (Å²) in [4.78, 5) is 32.2. The van der Waals surface area contributed by atoms with Crippen molar-refractivity contribution in [3.05, 3.63) is 56.7 Å². The summed E-state index contributed by atoms with van der Waals surface area (Å²) in [6, 6.07) is 5.83. The molecule has 142 valence electrons. The number of aromatic amines is 1. The molecule has 0 radical (unpaired) electrons. The van der Waals surface area contributed by atoms with E-state index < -0.39 is 5.82 Å². The molecule has 0 saturated heterocycles. The van der Waals surface area contributed by atoms with Gasteiger partial charge in [-0.15, -0.1) is 0 Å². The molecule has 3 rings (SSSR count). The molecule has 0 bridgehead atoms. The summed E-state index contributed by atoms with van der Waals surface area (Å²) in [5, 5.41) is 3.49. The molecule has 1 aromatic carbocycles. The molecule has 1 amide bonds. The number of carbonyl (C=O) groups excluding carboxylic acids is 1. The van der Waals surface area contributed by atoms with E-state index in [1.165, 1.54) is 34.5 Å². The van der Waals surface area contributed by atoms with E-state index in [-0.39, 0.29) is 28.8 Å². The average Bonchev–Trinajstić information content (AvgIpc) is 3.00. The largest absolute Gasteiger partial charge is 0.353 e. The Bertz CT molecular complexity index is 1060. The number of aryl methyl sites for hydroxylation is 1. The molecule has 0 unspecified atom stereocenters. The van der Waals surface area contributed by atoms with Crippen molar-refractivity contribution in [3.8, 4) is 0 Å². The Labute approximate surface area is 164 Å². The van der Waals surface area contributed by atoms with Gasteiger partial charge in [0.2, 0.25) is 5.91 Å². The second kappa shape index (κ2) is 8.14. The highest BCUT2D eigenvalue weighted by Gasteiger charge is 2.14. The van der Waals surface area contributed by atoms with Gasteiger partial charge in [-0.2, -0.15) is 0 Å². The Morgan fingerprint density at radius 3 is 2.89 bits per heavy atom. The van der Waals surface area contributed by atoms with Gasteiger partial charge in [-0.25, -0.2) is 9.37 Å². The van der Waals surface area contributed by atoms with Gasteiger partial charge in [0.15, 0.2) is 5.16 Å². The third kappa shape index (κ3) is 4.33. The Hall–Kier alpha value is -2.32. The quantitative estimate of drug-likeness (QED) is 0.484. The zero-order chi connectivity index (χ0) is 19.6. The molecule has 2 aromatic heterocycles. The summed E-state index contributed by atoms with van der Waals surface area (Å²) in [5.41, 5.74) is 2.38. The van der Waals surface area contributed by atoms with Crippen LogP contribution in [-0.4, -0.2) is 26.2 Å². The van der Waals surface area contributed by atoms with Crippen LogP contribution in [0, 0.1) is 12.7 Å². The molecular formula is C18H18ClFN4O2S. The van der Waals surface area contributed by atoms with E-state index in [4.69, 9.17) is 11.6 Å². The van der Waals surface area contributed by atoms with Crippen molar-refractivity contribution in [2.45, 2.75) is 32.1 Å². The normalized spacial score (nSPS) is 11.1. The van der Waals surface area contributed by atoms with Gasteiger partial charge in [-0.1, -0.05) is 29.4 Å². The number of rotatable bonds is 6. The lowest BCUT2D eigenvalue weighted by atomic mass is 10.2. The molecule has 27 heavy (non-hydrogen) atoms. The van der Waals surface area contributed by atoms with Crippen molar-refractivity contribution in [2.24, 2.45) is 0 Å². The summed E-state index contributed by atoms with van der Waals surface area (Å²) in [7, 11) is 0. The monoisotopic (exact) mass is 408 g/mol. The molecule has 6 nitrogen and oxygen atoms in total. The van der Waals surface area contributed by atoms with Crippen LogP contribution < -0.4 is 10.9 Å². The van der Waals surface area contributed by atoms with Gasteiger partial charge in [-0.05, 0) is 37.6 Å². The number of thioether (sulfide) groups is 1. The maximum absolute atomic E-state index is 13.1. The lowest BCUT2D eigenvalue weighted by Gasteiger charge is -2.10. The van der Waals surface area contributed by atoms with Crippen molar-refractivity contribution >= 4 is 40.3 Å². The highest BCUT2D eigenvalue weighted by Crippen LogP contribution is 2.19. The van der Waals surface area contributed by atoms with Gasteiger partial charge >= 0.3 is 0 Å². The van der Waals surface area contributed by atoms with Crippen LogP contribution >= 0.6 is 23.4 Å². The fourth-order valence-corrected chi connectivity index (χ4v) is 3.77. The van der Waals surface area contributed by atoms with E-state index in [1.54, 1.807) is 6.07 Å². The number of benzene rings is 1. The maximum Gasteiger partial charge on any atom is 0.278 e. The molecule has 3 aromatic rings. The second-order valence-electron chi connectivity index (χ2n) is 5.96. The molecule has 0 saturated carbocycles. The Morgan fingerprint density at radius 1 is 1.41 bits per heavy atom. The SMILES string of the molecule is CCn1c(SCC(=O)NCc2ccc(F)cc2Cl)nc2cc(C)[nH]c2c1=O. The predicted molar refractivity (Wildman–Crippen MR) is 105 cm³/mol. The highest BCUT2D eigenvalue weighted by molar-refractivity contribution is 7.99. The molecular weight excluding hydrogens is 391 g/mol. The zero-order valence-corrected chi connectivity index (χ0v) is 16.4. The minimum Gasteiger partial charge on any atom is -0.353 e. The molecule has 0 aliphatic heterocycles. The van der Waals surface area contributed by atoms with Gasteiger partial charge in [-0.3, -0.25) is 14.2 Å². The van der Waals surface area contributed by atoms with E-state index >= 15 is 0 Å². The number of halogens is 2. The molecule has 0 fully saturated rings. The summed E-state index contributed by atoms with van der Waals surface area (Å²) >= 11 is 7.15. The number of carbonyl (C=O) groups is 1. The smallest absolute Gasteiger partial charge is 0.278 e. The molecule has 0 spiro atoms. The fourth-order valence-electron chi connectivity index (χ4n) is 2.64. The minimum atomic E-state index is -0.426. The van der Waals surface area contributed by atoms with Crippen LogP contribution in [0.3, 0.4) is 0 Å². The lowest BCUT2D eigenvalue weighted by Crippen LogP contribution is -2.26. The molecule has 0 atom stereocenters. The van der Waals surface area contributed by atoms with Crippen LogP contribution in [0.1, 0.15) is 18.2 Å². The Balaban J connectivity index is 1.68. The number of hydrogen-bond donors (Lipinski definition) is 2. The Morgan fingerprint density at radius 2 is 2.19 bits per heavy atom. The minimum absolute atomic E-state index is 0.0974.